The van der Waals surface area contributed by atoms with Gasteiger partial charge >= 0.3 is 0 Å². The summed E-state index contributed by atoms with van der Waals surface area (Å²) in [6.07, 6.45) is 0. The number of methoxy groups -OCH3 is 2. The molecule has 8 heteroatoms. The molecule has 0 fully saturated rings. The number of ether oxygens (including phenoxy) is 3. The number of carbonyl (C=O) groups excluding carboxylic acids is 1. The van der Waals surface area contributed by atoms with Crippen molar-refractivity contribution in [3.8, 4) is 34.3 Å². The molecule has 6 nitrogen and oxygen atoms in total. The fourth-order valence-electron chi connectivity index (χ4n) is 3.01. The second-order valence-electron chi connectivity index (χ2n) is 6.86. The van der Waals surface area contributed by atoms with Crippen LogP contribution in [0.5, 0.6) is 23.0 Å². The highest BCUT2D eigenvalue weighted by molar-refractivity contribution is 7.82. The molecule has 1 N–H and O–H groups in total. The van der Waals surface area contributed by atoms with Gasteiger partial charge in [0.15, 0.2) is 10.1 Å². The topological polar surface area (TPSA) is 69.7 Å². The Kier molecular flexibility index (Phi) is 6.97. The van der Waals surface area contributed by atoms with Crippen molar-refractivity contribution in [2.24, 2.45) is 0 Å². The predicted octanol–water partition coefficient (Wildman–Crippen LogP) is 6.24. The Morgan fingerprint density at radius 1 is 0.879 bits per heavy atom. The standard InChI is InChI=1S/C25H20N2O4S2/c1-29-20-12-17(13-21(14-20)30-2)23(28)24(32)27-25-26-22(15-33-25)16-8-10-19(11-9-16)31-18-6-4-3-5-7-18/h3-15H,1-2H3,(H,26,27,32). The van der Waals surface area contributed by atoms with Crippen LogP contribution in [0.15, 0.2) is 78.2 Å². The highest BCUT2D eigenvalue weighted by atomic mass is 32.1. The summed E-state index contributed by atoms with van der Waals surface area (Å²) in [6, 6.07) is 22.2. The van der Waals surface area contributed by atoms with E-state index in [1.807, 2.05) is 60.0 Å². The molecule has 0 aliphatic carbocycles. The molecule has 0 aliphatic heterocycles. The smallest absolute Gasteiger partial charge is 0.220 e. The van der Waals surface area contributed by atoms with E-state index in [0.717, 1.165) is 22.8 Å². The average Bonchev–Trinajstić information content (AvgIpc) is 3.32. The van der Waals surface area contributed by atoms with E-state index in [-0.39, 0.29) is 10.8 Å². The lowest BCUT2D eigenvalue weighted by atomic mass is 10.1. The zero-order valence-electron chi connectivity index (χ0n) is 17.9. The van der Waals surface area contributed by atoms with Gasteiger partial charge in [0.25, 0.3) is 0 Å². The summed E-state index contributed by atoms with van der Waals surface area (Å²) in [5.41, 5.74) is 2.07. The Bertz CT molecular complexity index is 1250. The Hall–Kier alpha value is -3.75. The predicted molar refractivity (Wildman–Crippen MR) is 134 cm³/mol. The number of ketones is 1. The number of carbonyl (C=O) groups is 1. The minimum Gasteiger partial charge on any atom is -0.497 e. The number of nitrogens with zero attached hydrogens (tertiary/aromatic N) is 1. The number of rotatable bonds is 8. The fourth-order valence-corrected chi connectivity index (χ4v) is 4.01. The van der Waals surface area contributed by atoms with Gasteiger partial charge in [0, 0.05) is 22.6 Å². The molecule has 0 spiro atoms. The molecule has 0 saturated heterocycles. The second kappa shape index (κ2) is 10.2. The number of hydrogen-bond acceptors (Lipinski definition) is 7. The second-order valence-corrected chi connectivity index (χ2v) is 8.13. The number of anilines is 1. The maximum absolute atomic E-state index is 12.8. The van der Waals surface area contributed by atoms with E-state index in [9.17, 15) is 4.79 Å². The van der Waals surface area contributed by atoms with E-state index < -0.39 is 0 Å². The third-order valence-corrected chi connectivity index (χ3v) is 5.72. The van der Waals surface area contributed by atoms with E-state index >= 15 is 0 Å². The van der Waals surface area contributed by atoms with Crippen LogP contribution in [0.25, 0.3) is 11.3 Å². The molecular weight excluding hydrogens is 456 g/mol. The molecule has 0 bridgehead atoms. The van der Waals surface area contributed by atoms with E-state index in [4.69, 9.17) is 26.4 Å². The van der Waals surface area contributed by atoms with Crippen molar-refractivity contribution >= 4 is 39.5 Å². The summed E-state index contributed by atoms with van der Waals surface area (Å²) < 4.78 is 16.3. The lowest BCUT2D eigenvalue weighted by Gasteiger charge is -2.09. The lowest BCUT2D eigenvalue weighted by molar-refractivity contribution is 0.106. The van der Waals surface area contributed by atoms with Crippen LogP contribution >= 0.6 is 23.6 Å². The van der Waals surface area contributed by atoms with Gasteiger partial charge in [0.1, 0.15) is 23.0 Å². The van der Waals surface area contributed by atoms with Gasteiger partial charge in [-0.25, -0.2) is 4.98 Å². The van der Waals surface area contributed by atoms with Crippen LogP contribution in [-0.2, 0) is 0 Å². The van der Waals surface area contributed by atoms with Gasteiger partial charge in [-0.1, -0.05) is 30.4 Å². The van der Waals surface area contributed by atoms with Gasteiger partial charge in [-0.05, 0) is 48.5 Å². The van der Waals surface area contributed by atoms with Crippen LogP contribution in [0.3, 0.4) is 0 Å². The van der Waals surface area contributed by atoms with Crippen LogP contribution in [0.1, 0.15) is 10.4 Å². The first-order valence-electron chi connectivity index (χ1n) is 9.93. The average molecular weight is 477 g/mol. The Morgan fingerprint density at radius 3 is 2.15 bits per heavy atom. The normalized spacial score (nSPS) is 10.4. The zero-order chi connectivity index (χ0) is 23.2. The molecule has 1 aromatic heterocycles. The summed E-state index contributed by atoms with van der Waals surface area (Å²) in [4.78, 5) is 17.4. The number of hydrogen-bond donors (Lipinski definition) is 1. The summed E-state index contributed by atoms with van der Waals surface area (Å²) >= 11 is 6.68. The Labute approximate surface area is 200 Å². The molecule has 0 saturated carbocycles. The van der Waals surface area contributed by atoms with Crippen molar-refractivity contribution < 1.29 is 19.0 Å². The van der Waals surface area contributed by atoms with Gasteiger partial charge < -0.3 is 19.5 Å². The van der Waals surface area contributed by atoms with Gasteiger partial charge in [0.05, 0.1) is 19.9 Å². The molecule has 0 radical (unpaired) electrons. The Morgan fingerprint density at radius 2 is 1.52 bits per heavy atom. The highest BCUT2D eigenvalue weighted by Gasteiger charge is 2.17. The molecule has 4 aromatic rings. The van der Waals surface area contributed by atoms with E-state index in [1.54, 1.807) is 18.2 Å². The molecule has 0 unspecified atom stereocenters. The van der Waals surface area contributed by atoms with Crippen LogP contribution in [0, 0.1) is 0 Å². The first kappa shape index (κ1) is 22.4. The van der Waals surface area contributed by atoms with Crippen molar-refractivity contribution in [1.29, 1.82) is 0 Å². The number of aromatic nitrogens is 1. The summed E-state index contributed by atoms with van der Waals surface area (Å²) in [6.45, 7) is 0. The van der Waals surface area contributed by atoms with Gasteiger partial charge in [-0.15, -0.1) is 11.3 Å². The SMILES string of the molecule is COc1cc(OC)cc(C(=O)C(=S)Nc2nc(-c3ccc(Oc4ccccc4)cc3)cs2)c1. The lowest BCUT2D eigenvalue weighted by Crippen LogP contribution is -2.20. The Balaban J connectivity index is 1.43. The molecule has 1 heterocycles. The molecule has 0 aliphatic rings. The van der Waals surface area contributed by atoms with Crippen molar-refractivity contribution in [1.82, 2.24) is 4.98 Å². The van der Waals surface area contributed by atoms with Crippen LogP contribution in [-0.4, -0.2) is 30.0 Å². The molecule has 3 aromatic carbocycles. The number of thiocarbonyl (C=S) groups is 1. The third-order valence-electron chi connectivity index (χ3n) is 4.67. The van der Waals surface area contributed by atoms with Gasteiger partial charge in [-0.2, -0.15) is 0 Å². The quantitative estimate of drug-likeness (QED) is 0.238. The fraction of sp³-hybridized carbons (Fsp3) is 0.0800. The number of nitrogens with one attached hydrogen (secondary N) is 1. The van der Waals surface area contributed by atoms with Crippen LogP contribution < -0.4 is 19.5 Å². The van der Waals surface area contributed by atoms with Crippen molar-refractivity contribution in [3.05, 3.63) is 83.7 Å². The summed E-state index contributed by atoms with van der Waals surface area (Å²) in [5.74, 6) is 2.19. The summed E-state index contributed by atoms with van der Waals surface area (Å²) in [5, 5.41) is 5.36. The number of thiazole rings is 1. The van der Waals surface area contributed by atoms with Crippen LogP contribution in [0.4, 0.5) is 5.13 Å². The van der Waals surface area contributed by atoms with E-state index in [2.05, 4.69) is 10.3 Å². The van der Waals surface area contributed by atoms with E-state index in [1.165, 1.54) is 25.6 Å². The molecule has 0 amide bonds. The first-order valence-corrected chi connectivity index (χ1v) is 11.2. The van der Waals surface area contributed by atoms with Crippen molar-refractivity contribution in [2.45, 2.75) is 0 Å². The highest BCUT2D eigenvalue weighted by Crippen LogP contribution is 2.29. The maximum Gasteiger partial charge on any atom is 0.220 e. The molecule has 166 valence electrons. The third kappa shape index (κ3) is 5.54. The zero-order valence-corrected chi connectivity index (χ0v) is 19.5. The largest absolute Gasteiger partial charge is 0.497 e. The first-order chi connectivity index (χ1) is 16.1. The van der Waals surface area contributed by atoms with Crippen molar-refractivity contribution in [3.63, 3.8) is 0 Å². The maximum atomic E-state index is 12.8. The number of benzene rings is 3. The van der Waals surface area contributed by atoms with E-state index in [0.29, 0.717) is 22.2 Å². The minimum absolute atomic E-state index is 0.0396. The van der Waals surface area contributed by atoms with Gasteiger partial charge in [-0.3, -0.25) is 4.79 Å². The number of para-hydroxylation sites is 1. The van der Waals surface area contributed by atoms with Gasteiger partial charge in [0.2, 0.25) is 5.78 Å². The minimum atomic E-state index is -0.346. The number of Topliss-reactive ketones (excluding diaryl/α,β-unsaturated/α-hetero) is 1. The molecule has 33 heavy (non-hydrogen) atoms. The van der Waals surface area contributed by atoms with Crippen molar-refractivity contribution in [2.75, 3.05) is 19.5 Å². The molecule has 4 rings (SSSR count). The summed E-state index contributed by atoms with van der Waals surface area (Å²) in [7, 11) is 3.05. The molecular formula is C25H20N2O4S2. The monoisotopic (exact) mass is 476 g/mol. The molecule has 0 atom stereocenters. The van der Waals surface area contributed by atoms with Crippen LogP contribution in [0.2, 0.25) is 0 Å².